The fraction of sp³-hybridized carbons (Fsp3) is 0.529. The Hall–Kier alpha value is -0.960. The van der Waals surface area contributed by atoms with E-state index >= 15 is 0 Å². The van der Waals surface area contributed by atoms with Gasteiger partial charge in [-0.1, -0.05) is 25.1 Å². The predicted octanol–water partition coefficient (Wildman–Crippen LogP) is 2.44. The molecule has 2 rings (SSSR count). The SMILES string of the molecule is CCC1CN(C(=NC)NCCNC(=O)c2ccccc2)CCS1.I. The molecule has 7 heteroatoms. The molecule has 1 heterocycles. The molecule has 0 bridgehead atoms. The van der Waals surface area contributed by atoms with E-state index in [1.54, 1.807) is 0 Å². The van der Waals surface area contributed by atoms with Crippen molar-refractivity contribution < 1.29 is 4.79 Å². The lowest BCUT2D eigenvalue weighted by atomic mass is 10.2. The van der Waals surface area contributed by atoms with Crippen LogP contribution in [0.1, 0.15) is 23.7 Å². The average Bonchev–Trinajstić information content (AvgIpc) is 2.62. The van der Waals surface area contributed by atoms with E-state index in [2.05, 4.69) is 27.4 Å². The molecule has 1 unspecified atom stereocenters. The van der Waals surface area contributed by atoms with Gasteiger partial charge in [-0.25, -0.2) is 0 Å². The molecule has 1 saturated heterocycles. The maximum Gasteiger partial charge on any atom is 0.251 e. The second kappa shape index (κ2) is 11.6. The van der Waals surface area contributed by atoms with Crippen LogP contribution in [0.3, 0.4) is 0 Å². The number of guanidine groups is 1. The number of nitrogens with one attached hydrogen (secondary N) is 2. The highest BCUT2D eigenvalue weighted by atomic mass is 127. The third kappa shape index (κ3) is 6.51. The first-order chi connectivity index (χ1) is 11.2. The van der Waals surface area contributed by atoms with Crippen LogP contribution < -0.4 is 10.6 Å². The summed E-state index contributed by atoms with van der Waals surface area (Å²) in [7, 11) is 1.81. The highest BCUT2D eigenvalue weighted by molar-refractivity contribution is 14.0. The summed E-state index contributed by atoms with van der Waals surface area (Å²) in [6, 6.07) is 9.28. The standard InChI is InChI=1S/C17H26N4OS.HI/c1-3-15-13-21(11-12-23-15)17(18-2)20-10-9-19-16(22)14-7-5-4-6-8-14;/h4-8,15H,3,9-13H2,1-2H3,(H,18,20)(H,19,22);1H. The van der Waals surface area contributed by atoms with E-state index in [-0.39, 0.29) is 29.9 Å². The lowest BCUT2D eigenvalue weighted by Crippen LogP contribution is -2.49. The largest absolute Gasteiger partial charge is 0.354 e. The van der Waals surface area contributed by atoms with Crippen molar-refractivity contribution in [3.05, 3.63) is 35.9 Å². The number of thioether (sulfide) groups is 1. The molecule has 134 valence electrons. The number of aliphatic imine (C=N–C) groups is 1. The molecule has 5 nitrogen and oxygen atoms in total. The number of benzene rings is 1. The molecule has 1 aromatic carbocycles. The van der Waals surface area contributed by atoms with Crippen molar-refractivity contribution in [2.24, 2.45) is 4.99 Å². The summed E-state index contributed by atoms with van der Waals surface area (Å²) in [5, 5.41) is 6.95. The van der Waals surface area contributed by atoms with Gasteiger partial charge in [-0.2, -0.15) is 11.8 Å². The minimum absolute atomic E-state index is 0. The zero-order valence-corrected chi connectivity index (χ0v) is 17.5. The van der Waals surface area contributed by atoms with Crippen molar-refractivity contribution in [3.8, 4) is 0 Å². The first kappa shape index (κ1) is 21.1. The van der Waals surface area contributed by atoms with E-state index in [4.69, 9.17) is 0 Å². The molecule has 1 aliphatic heterocycles. The van der Waals surface area contributed by atoms with Crippen molar-refractivity contribution in [1.82, 2.24) is 15.5 Å². The van der Waals surface area contributed by atoms with Gasteiger partial charge < -0.3 is 15.5 Å². The van der Waals surface area contributed by atoms with Gasteiger partial charge in [0.15, 0.2) is 5.96 Å². The molecule has 0 spiro atoms. The number of carbonyl (C=O) groups excluding carboxylic acids is 1. The maximum atomic E-state index is 12.0. The molecule has 1 fully saturated rings. The van der Waals surface area contributed by atoms with E-state index in [1.165, 1.54) is 6.42 Å². The van der Waals surface area contributed by atoms with Crippen LogP contribution in [-0.4, -0.2) is 61.0 Å². The van der Waals surface area contributed by atoms with Crippen LogP contribution >= 0.6 is 35.7 Å². The molecule has 0 aliphatic carbocycles. The molecule has 0 radical (unpaired) electrons. The molecule has 0 aromatic heterocycles. The minimum Gasteiger partial charge on any atom is -0.354 e. The average molecular weight is 462 g/mol. The molecular weight excluding hydrogens is 435 g/mol. The topological polar surface area (TPSA) is 56.7 Å². The smallest absolute Gasteiger partial charge is 0.251 e. The van der Waals surface area contributed by atoms with Gasteiger partial charge in [0.1, 0.15) is 0 Å². The van der Waals surface area contributed by atoms with E-state index in [0.717, 1.165) is 24.8 Å². The van der Waals surface area contributed by atoms with Gasteiger partial charge >= 0.3 is 0 Å². The molecule has 2 N–H and O–H groups in total. The Morgan fingerprint density at radius 1 is 1.29 bits per heavy atom. The van der Waals surface area contributed by atoms with Crippen LogP contribution in [-0.2, 0) is 0 Å². The molecule has 1 amide bonds. The van der Waals surface area contributed by atoms with Gasteiger partial charge in [-0.15, -0.1) is 24.0 Å². The Kier molecular flexibility index (Phi) is 10.2. The van der Waals surface area contributed by atoms with Crippen LogP contribution in [0.4, 0.5) is 0 Å². The number of amides is 1. The summed E-state index contributed by atoms with van der Waals surface area (Å²) in [4.78, 5) is 18.6. The number of halogens is 1. The number of hydrogen-bond donors (Lipinski definition) is 2. The van der Waals surface area contributed by atoms with Crippen LogP contribution in [0.2, 0.25) is 0 Å². The highest BCUT2D eigenvalue weighted by Crippen LogP contribution is 2.20. The quantitative estimate of drug-likeness (QED) is 0.306. The molecule has 24 heavy (non-hydrogen) atoms. The Balaban J connectivity index is 0.00000288. The van der Waals surface area contributed by atoms with E-state index < -0.39 is 0 Å². The van der Waals surface area contributed by atoms with E-state index in [1.807, 2.05) is 49.1 Å². The normalized spacial score (nSPS) is 17.8. The monoisotopic (exact) mass is 462 g/mol. The second-order valence-corrected chi connectivity index (χ2v) is 6.85. The van der Waals surface area contributed by atoms with Crippen LogP contribution in [0.15, 0.2) is 35.3 Å². The van der Waals surface area contributed by atoms with E-state index in [0.29, 0.717) is 23.9 Å². The number of rotatable bonds is 5. The summed E-state index contributed by atoms with van der Waals surface area (Å²) >= 11 is 2.04. The van der Waals surface area contributed by atoms with Gasteiger partial charge in [0.05, 0.1) is 0 Å². The van der Waals surface area contributed by atoms with Crippen LogP contribution in [0, 0.1) is 0 Å². The molecule has 1 atom stereocenters. The van der Waals surface area contributed by atoms with Gasteiger partial charge in [0.2, 0.25) is 0 Å². The maximum absolute atomic E-state index is 12.0. The number of hydrogen-bond acceptors (Lipinski definition) is 3. The Bertz CT molecular complexity index is 527. The van der Waals surface area contributed by atoms with Gasteiger partial charge in [0.25, 0.3) is 5.91 Å². The summed E-state index contributed by atoms with van der Waals surface area (Å²) in [5.74, 6) is 2.03. The highest BCUT2D eigenvalue weighted by Gasteiger charge is 2.21. The Labute approximate surface area is 166 Å². The molecule has 1 aromatic rings. The fourth-order valence-electron chi connectivity index (χ4n) is 2.53. The third-order valence-electron chi connectivity index (χ3n) is 3.84. The third-order valence-corrected chi connectivity index (χ3v) is 5.21. The van der Waals surface area contributed by atoms with Crippen LogP contribution in [0.5, 0.6) is 0 Å². The van der Waals surface area contributed by atoms with Crippen molar-refractivity contribution in [2.45, 2.75) is 18.6 Å². The van der Waals surface area contributed by atoms with E-state index in [9.17, 15) is 4.79 Å². The van der Waals surface area contributed by atoms with Crippen LogP contribution in [0.25, 0.3) is 0 Å². The van der Waals surface area contributed by atoms with Crippen molar-refractivity contribution in [2.75, 3.05) is 39.0 Å². The zero-order chi connectivity index (χ0) is 16.5. The molecule has 0 saturated carbocycles. The van der Waals surface area contributed by atoms with Gasteiger partial charge in [-0.05, 0) is 18.6 Å². The van der Waals surface area contributed by atoms with Gasteiger partial charge in [-0.3, -0.25) is 9.79 Å². The molecule has 1 aliphatic rings. The minimum atomic E-state index is -0.0391. The first-order valence-corrected chi connectivity index (χ1v) is 9.20. The van der Waals surface area contributed by atoms with Crippen molar-refractivity contribution in [3.63, 3.8) is 0 Å². The first-order valence-electron chi connectivity index (χ1n) is 8.15. The summed E-state index contributed by atoms with van der Waals surface area (Å²) < 4.78 is 0. The van der Waals surface area contributed by atoms with Crippen molar-refractivity contribution >= 4 is 47.6 Å². The van der Waals surface area contributed by atoms with Gasteiger partial charge in [0, 0.05) is 49.8 Å². The fourth-order valence-corrected chi connectivity index (χ4v) is 3.71. The lowest BCUT2D eigenvalue weighted by Gasteiger charge is -2.34. The Morgan fingerprint density at radius 2 is 2.00 bits per heavy atom. The zero-order valence-electron chi connectivity index (χ0n) is 14.3. The number of nitrogens with zero attached hydrogens (tertiary/aromatic N) is 2. The predicted molar refractivity (Wildman–Crippen MR) is 114 cm³/mol. The Morgan fingerprint density at radius 3 is 2.67 bits per heavy atom. The number of carbonyl (C=O) groups is 1. The van der Waals surface area contributed by atoms with Crippen molar-refractivity contribution in [1.29, 1.82) is 0 Å². The second-order valence-electron chi connectivity index (χ2n) is 5.44. The lowest BCUT2D eigenvalue weighted by molar-refractivity contribution is 0.0954. The summed E-state index contributed by atoms with van der Waals surface area (Å²) in [6.07, 6.45) is 1.19. The summed E-state index contributed by atoms with van der Waals surface area (Å²) in [6.45, 7) is 5.54. The molecular formula is C17H27IN4OS. The summed E-state index contributed by atoms with van der Waals surface area (Å²) in [5.41, 5.74) is 0.690.